The molecule has 1 atom stereocenters. The smallest absolute Gasteiger partial charge is 0.414 e. The second-order valence-corrected chi connectivity index (χ2v) is 7.93. The van der Waals surface area contributed by atoms with Crippen molar-refractivity contribution in [1.82, 2.24) is 0 Å². The van der Waals surface area contributed by atoms with Crippen molar-refractivity contribution in [3.63, 3.8) is 0 Å². The van der Waals surface area contributed by atoms with Gasteiger partial charge in [0.15, 0.2) is 0 Å². The Kier molecular flexibility index (Phi) is 7.89. The number of carbonyl (C=O) groups is 2. The fourth-order valence-corrected chi connectivity index (χ4v) is 4.15. The van der Waals surface area contributed by atoms with Crippen LogP contribution < -0.4 is 10.6 Å². The lowest BCUT2D eigenvalue weighted by atomic mass is 9.82. The average molecular weight is 405 g/mol. The SMILES string of the molecule is COCC1CN(c2ccc([C@H]3CC[C@H](OCCCCC(N)=O)CC3)cc2)C(=O)O1. The van der Waals surface area contributed by atoms with E-state index in [1.807, 2.05) is 12.1 Å². The zero-order chi connectivity index (χ0) is 20.6. The minimum absolute atomic E-state index is 0.210. The number of hydrogen-bond acceptors (Lipinski definition) is 5. The summed E-state index contributed by atoms with van der Waals surface area (Å²) in [4.78, 5) is 24.5. The number of unbranched alkanes of at least 4 members (excludes halogenated alkanes) is 1. The number of anilines is 1. The number of methoxy groups -OCH3 is 1. The highest BCUT2D eigenvalue weighted by atomic mass is 16.6. The molecule has 1 aromatic rings. The van der Waals surface area contributed by atoms with Gasteiger partial charge in [-0.3, -0.25) is 9.69 Å². The van der Waals surface area contributed by atoms with Gasteiger partial charge in [-0.2, -0.15) is 0 Å². The number of nitrogens with zero attached hydrogens (tertiary/aromatic N) is 1. The largest absolute Gasteiger partial charge is 0.441 e. The third kappa shape index (κ3) is 6.18. The molecule has 1 saturated heterocycles. The molecule has 2 amide bonds. The third-order valence-electron chi connectivity index (χ3n) is 5.75. The van der Waals surface area contributed by atoms with Gasteiger partial charge in [0.1, 0.15) is 6.10 Å². The molecule has 2 aliphatic rings. The summed E-state index contributed by atoms with van der Waals surface area (Å²) in [7, 11) is 1.61. The number of hydrogen-bond donors (Lipinski definition) is 1. The van der Waals surface area contributed by atoms with E-state index in [1.165, 1.54) is 5.56 Å². The van der Waals surface area contributed by atoms with Crippen molar-refractivity contribution in [3.05, 3.63) is 29.8 Å². The van der Waals surface area contributed by atoms with Crippen LogP contribution >= 0.6 is 0 Å². The molecule has 1 aliphatic heterocycles. The van der Waals surface area contributed by atoms with E-state index >= 15 is 0 Å². The quantitative estimate of drug-likeness (QED) is 0.604. The molecule has 1 aliphatic carbocycles. The molecule has 1 unspecified atom stereocenters. The maximum Gasteiger partial charge on any atom is 0.414 e. The first-order valence-corrected chi connectivity index (χ1v) is 10.5. The Balaban J connectivity index is 1.42. The molecule has 0 radical (unpaired) electrons. The van der Waals surface area contributed by atoms with Crippen LogP contribution in [0.2, 0.25) is 0 Å². The zero-order valence-corrected chi connectivity index (χ0v) is 17.2. The zero-order valence-electron chi connectivity index (χ0n) is 17.2. The summed E-state index contributed by atoms with van der Waals surface area (Å²) in [6.45, 7) is 1.64. The number of amides is 2. The van der Waals surface area contributed by atoms with Crippen molar-refractivity contribution in [2.24, 2.45) is 5.73 Å². The van der Waals surface area contributed by atoms with Crippen LogP contribution in [0.4, 0.5) is 10.5 Å². The van der Waals surface area contributed by atoms with Crippen molar-refractivity contribution < 1.29 is 23.8 Å². The lowest BCUT2D eigenvalue weighted by Crippen LogP contribution is -2.25. The predicted molar refractivity (Wildman–Crippen MR) is 110 cm³/mol. The summed E-state index contributed by atoms with van der Waals surface area (Å²) in [6.07, 6.45) is 6.23. The molecule has 1 aromatic carbocycles. The molecule has 0 spiro atoms. The molecule has 0 aromatic heterocycles. The van der Waals surface area contributed by atoms with Gasteiger partial charge < -0.3 is 19.9 Å². The number of cyclic esters (lactones) is 1. The molecule has 2 N–H and O–H groups in total. The molecule has 1 saturated carbocycles. The number of ether oxygens (including phenoxy) is 3. The van der Waals surface area contributed by atoms with Crippen LogP contribution in [0.5, 0.6) is 0 Å². The second-order valence-electron chi connectivity index (χ2n) is 7.93. The van der Waals surface area contributed by atoms with Crippen LogP contribution in [-0.4, -0.2) is 51.1 Å². The maximum absolute atomic E-state index is 12.1. The topological polar surface area (TPSA) is 91.1 Å². The summed E-state index contributed by atoms with van der Waals surface area (Å²) in [5.74, 6) is 0.290. The summed E-state index contributed by atoms with van der Waals surface area (Å²) in [6, 6.07) is 8.27. The van der Waals surface area contributed by atoms with Crippen LogP contribution in [-0.2, 0) is 19.0 Å². The molecular formula is C22H32N2O5. The average Bonchev–Trinajstić information content (AvgIpc) is 3.08. The van der Waals surface area contributed by atoms with Gasteiger partial charge >= 0.3 is 6.09 Å². The van der Waals surface area contributed by atoms with Crippen molar-refractivity contribution in [2.45, 2.75) is 63.1 Å². The minimum atomic E-state index is -0.312. The van der Waals surface area contributed by atoms with Gasteiger partial charge in [0.2, 0.25) is 5.91 Å². The normalized spacial score (nSPS) is 24.5. The summed E-state index contributed by atoms with van der Waals surface area (Å²) in [5, 5.41) is 0. The molecule has 2 fully saturated rings. The number of rotatable bonds is 10. The fraction of sp³-hybridized carbons (Fsp3) is 0.636. The first-order valence-electron chi connectivity index (χ1n) is 10.5. The van der Waals surface area contributed by atoms with Crippen molar-refractivity contribution in [2.75, 3.05) is 31.8 Å². The van der Waals surface area contributed by atoms with Crippen molar-refractivity contribution >= 4 is 17.7 Å². The number of nitrogens with two attached hydrogens (primary N) is 1. The number of benzene rings is 1. The van der Waals surface area contributed by atoms with Gasteiger partial charge in [-0.1, -0.05) is 12.1 Å². The molecule has 7 nitrogen and oxygen atoms in total. The number of carbonyl (C=O) groups excluding carboxylic acids is 2. The molecule has 1 heterocycles. The lowest BCUT2D eigenvalue weighted by Gasteiger charge is -2.29. The Morgan fingerprint density at radius 3 is 2.55 bits per heavy atom. The summed E-state index contributed by atoms with van der Waals surface area (Å²) < 4.78 is 16.3. The van der Waals surface area contributed by atoms with E-state index in [0.717, 1.165) is 44.2 Å². The van der Waals surface area contributed by atoms with Crippen LogP contribution in [0.3, 0.4) is 0 Å². The molecule has 3 rings (SSSR count). The Morgan fingerprint density at radius 2 is 1.90 bits per heavy atom. The van der Waals surface area contributed by atoms with Crippen molar-refractivity contribution in [1.29, 1.82) is 0 Å². The van der Waals surface area contributed by atoms with E-state index in [9.17, 15) is 9.59 Å². The Labute approximate surface area is 172 Å². The van der Waals surface area contributed by atoms with E-state index in [-0.39, 0.29) is 18.1 Å². The monoisotopic (exact) mass is 404 g/mol. The highest BCUT2D eigenvalue weighted by molar-refractivity contribution is 5.89. The minimum Gasteiger partial charge on any atom is -0.441 e. The Morgan fingerprint density at radius 1 is 1.17 bits per heavy atom. The highest BCUT2D eigenvalue weighted by Gasteiger charge is 2.32. The maximum atomic E-state index is 12.1. The van der Waals surface area contributed by atoms with E-state index in [0.29, 0.717) is 38.2 Å². The summed E-state index contributed by atoms with van der Waals surface area (Å²) >= 11 is 0. The standard InChI is InChI=1S/C22H32N2O5/c1-27-15-20-14-24(22(26)29-20)18-9-5-16(6-10-18)17-7-11-19(12-8-17)28-13-3-2-4-21(23)25/h5-6,9-10,17,19-20H,2-4,7-8,11-15H2,1H3,(H2,23,25)/t17-,19-,20?. The molecule has 7 heteroatoms. The van der Waals surface area contributed by atoms with Crippen molar-refractivity contribution in [3.8, 4) is 0 Å². The van der Waals surface area contributed by atoms with Gasteiger partial charge in [0.25, 0.3) is 0 Å². The Bertz CT molecular complexity index is 670. The molecule has 0 bridgehead atoms. The highest BCUT2D eigenvalue weighted by Crippen LogP contribution is 2.35. The van der Waals surface area contributed by atoms with Gasteiger partial charge in [0.05, 0.1) is 19.3 Å². The van der Waals surface area contributed by atoms with Crippen LogP contribution in [0.25, 0.3) is 0 Å². The van der Waals surface area contributed by atoms with E-state index < -0.39 is 0 Å². The molecular weight excluding hydrogens is 372 g/mol. The van der Waals surface area contributed by atoms with E-state index in [4.69, 9.17) is 19.9 Å². The summed E-state index contributed by atoms with van der Waals surface area (Å²) in [5.41, 5.74) is 7.33. The molecule has 29 heavy (non-hydrogen) atoms. The Hall–Kier alpha value is -2.12. The molecule has 160 valence electrons. The first kappa shape index (κ1) is 21.6. The second kappa shape index (κ2) is 10.6. The number of primary amides is 1. The van der Waals surface area contributed by atoms with E-state index in [1.54, 1.807) is 12.0 Å². The van der Waals surface area contributed by atoms with Crippen LogP contribution in [0, 0.1) is 0 Å². The van der Waals surface area contributed by atoms with Gasteiger partial charge in [-0.25, -0.2) is 4.79 Å². The van der Waals surface area contributed by atoms with Gasteiger partial charge in [-0.15, -0.1) is 0 Å². The fourth-order valence-electron chi connectivity index (χ4n) is 4.15. The lowest BCUT2D eigenvalue weighted by molar-refractivity contribution is -0.118. The predicted octanol–water partition coefficient (Wildman–Crippen LogP) is 3.36. The van der Waals surface area contributed by atoms with Crippen LogP contribution in [0.1, 0.15) is 56.4 Å². The van der Waals surface area contributed by atoms with E-state index in [2.05, 4.69) is 12.1 Å². The van der Waals surface area contributed by atoms with Gasteiger partial charge in [-0.05, 0) is 62.1 Å². The van der Waals surface area contributed by atoms with Crippen LogP contribution in [0.15, 0.2) is 24.3 Å². The van der Waals surface area contributed by atoms with Gasteiger partial charge in [0, 0.05) is 25.8 Å². The third-order valence-corrected chi connectivity index (χ3v) is 5.75. The first-order chi connectivity index (χ1) is 14.1.